The number of benzene rings is 3. The molecule has 0 aliphatic heterocycles. The molecule has 0 saturated heterocycles. The predicted molar refractivity (Wildman–Crippen MR) is 122 cm³/mol. The second-order valence-electron chi connectivity index (χ2n) is 6.71. The van der Waals surface area contributed by atoms with E-state index in [4.69, 9.17) is 0 Å². The normalized spacial score (nSPS) is 12.9. The molecule has 0 N–H and O–H groups in total. The molecule has 0 spiro atoms. The van der Waals surface area contributed by atoms with Crippen LogP contribution in [0, 0.1) is 0 Å². The van der Waals surface area contributed by atoms with Gasteiger partial charge in [0.25, 0.3) is 0 Å². The summed E-state index contributed by atoms with van der Waals surface area (Å²) in [6, 6.07) is 36.7. The monoisotopic (exact) mass is 433 g/mol. The Morgan fingerprint density at radius 2 is 1.04 bits per heavy atom. The Kier molecular flexibility index (Phi) is 4.95. The van der Waals surface area contributed by atoms with Crippen molar-refractivity contribution in [2.24, 2.45) is 0 Å². The van der Waals surface area contributed by atoms with Crippen LogP contribution in [0.1, 0.15) is 5.56 Å². The van der Waals surface area contributed by atoms with Crippen molar-refractivity contribution in [2.45, 2.75) is 6.16 Å². The molecule has 0 aliphatic carbocycles. The summed E-state index contributed by atoms with van der Waals surface area (Å²) in [7, 11) is 0. The van der Waals surface area contributed by atoms with Crippen molar-refractivity contribution in [2.75, 3.05) is 0 Å². The molecule has 0 bridgehead atoms. The van der Waals surface area contributed by atoms with Crippen LogP contribution in [-0.2, 0) is 6.16 Å². The van der Waals surface area contributed by atoms with Crippen LogP contribution in [0.4, 0.5) is 0 Å². The number of rotatable bonds is 5. The number of aromatic nitrogens is 1. The van der Waals surface area contributed by atoms with E-state index in [0.29, 0.717) is 0 Å². The molecule has 4 rings (SSSR count). The van der Waals surface area contributed by atoms with Gasteiger partial charge in [0.2, 0.25) is 0 Å². The summed E-state index contributed by atoms with van der Waals surface area (Å²) in [5.74, 6) is 0. The van der Waals surface area contributed by atoms with Crippen molar-refractivity contribution in [3.63, 3.8) is 0 Å². The molecule has 1 aromatic heterocycles. The van der Waals surface area contributed by atoms with Crippen molar-refractivity contribution < 1.29 is 0 Å². The van der Waals surface area contributed by atoms with Gasteiger partial charge in [0.1, 0.15) is 0 Å². The Balaban J connectivity index is 2.09. The molecule has 0 unspecified atom stereocenters. The third-order valence-corrected chi connectivity index (χ3v) is 14.6. The summed E-state index contributed by atoms with van der Waals surface area (Å²) in [5, 5.41) is 1.07. The Bertz CT molecular complexity index is 906. The molecule has 134 valence electrons. The van der Waals surface area contributed by atoms with E-state index in [9.17, 15) is 0 Å². The van der Waals surface area contributed by atoms with E-state index in [0.717, 1.165) is 6.16 Å². The first-order valence-electron chi connectivity index (χ1n) is 9.00. The summed E-state index contributed by atoms with van der Waals surface area (Å²) in [6.45, 7) is 0. The minimum atomic E-state index is -2.91. The zero-order valence-corrected chi connectivity index (χ0v) is 17.4. The summed E-state index contributed by atoms with van der Waals surface area (Å²) in [4.78, 5) is 4.38. The van der Waals surface area contributed by atoms with Gasteiger partial charge in [-0.05, 0) is 0 Å². The average molecular weight is 434 g/mol. The molecule has 3 heteroatoms. The van der Waals surface area contributed by atoms with Gasteiger partial charge in [-0.2, -0.15) is 0 Å². The van der Waals surface area contributed by atoms with Crippen LogP contribution in [0.3, 0.4) is 0 Å². The van der Waals surface area contributed by atoms with Gasteiger partial charge in [-0.1, -0.05) is 0 Å². The summed E-state index contributed by atoms with van der Waals surface area (Å²) in [5.41, 5.74) is 1.23. The van der Waals surface area contributed by atoms with Crippen molar-refractivity contribution in [1.29, 1.82) is 0 Å². The van der Waals surface area contributed by atoms with Crippen molar-refractivity contribution >= 4 is 36.7 Å². The average Bonchev–Trinajstić information content (AvgIpc) is 2.76. The SMILES string of the molecule is BrP(Cc1cccnc1)(c1ccccc1)(c1ccccc1)c1ccccc1. The van der Waals surface area contributed by atoms with E-state index in [-0.39, 0.29) is 0 Å². The molecule has 0 amide bonds. The molecule has 27 heavy (non-hydrogen) atoms. The Labute approximate surface area is 168 Å². The standard InChI is InChI=1S/C24H21BrNP/c25-27(22-12-4-1-5-13-22,23-14-6-2-7-15-23,24-16-8-3-9-17-24)20-21-11-10-18-26-19-21/h1-19H,20H2. The number of nitrogens with zero attached hydrogens (tertiary/aromatic N) is 1. The van der Waals surface area contributed by atoms with E-state index in [2.05, 4.69) is 118 Å². The first-order chi connectivity index (χ1) is 13.2. The van der Waals surface area contributed by atoms with Crippen molar-refractivity contribution in [3.8, 4) is 0 Å². The van der Waals surface area contributed by atoms with Gasteiger partial charge in [-0.15, -0.1) is 0 Å². The minimum absolute atomic E-state index is 0.872. The molecular weight excluding hydrogens is 413 g/mol. The molecule has 0 atom stereocenters. The van der Waals surface area contributed by atoms with E-state index in [1.807, 2.05) is 18.5 Å². The maximum absolute atomic E-state index is 4.46. The molecule has 0 aliphatic rings. The topological polar surface area (TPSA) is 12.9 Å². The van der Waals surface area contributed by atoms with Gasteiger partial charge in [-0.3, -0.25) is 0 Å². The van der Waals surface area contributed by atoms with Crippen LogP contribution in [0.15, 0.2) is 116 Å². The number of pyridine rings is 1. The Morgan fingerprint density at radius 1 is 0.593 bits per heavy atom. The zero-order valence-electron chi connectivity index (χ0n) is 14.9. The van der Waals surface area contributed by atoms with Crippen LogP contribution in [0.5, 0.6) is 0 Å². The molecule has 3 aromatic carbocycles. The molecule has 4 aromatic rings. The molecular formula is C24H21BrNP. The number of halogens is 1. The predicted octanol–water partition coefficient (Wildman–Crippen LogP) is 5.42. The Hall–Kier alpha value is -2.28. The third-order valence-electron chi connectivity index (χ3n) is 5.09. The van der Waals surface area contributed by atoms with E-state index in [1.54, 1.807) is 0 Å². The van der Waals surface area contributed by atoms with Gasteiger partial charge >= 0.3 is 169 Å². The van der Waals surface area contributed by atoms with Gasteiger partial charge < -0.3 is 0 Å². The summed E-state index contributed by atoms with van der Waals surface area (Å²) in [6.07, 6.45) is 4.69. The maximum atomic E-state index is 4.46. The number of hydrogen-bond acceptors (Lipinski definition) is 1. The van der Waals surface area contributed by atoms with Crippen LogP contribution in [-0.4, -0.2) is 4.98 Å². The van der Waals surface area contributed by atoms with Gasteiger partial charge in [-0.25, -0.2) is 0 Å². The van der Waals surface area contributed by atoms with Crippen molar-refractivity contribution in [1.82, 2.24) is 4.98 Å². The van der Waals surface area contributed by atoms with Crippen LogP contribution >= 0.6 is 20.8 Å². The first-order valence-corrected chi connectivity index (χ1v) is 13.4. The van der Waals surface area contributed by atoms with Gasteiger partial charge in [0, 0.05) is 0 Å². The molecule has 0 saturated carbocycles. The number of hydrogen-bond donors (Lipinski definition) is 0. The van der Waals surface area contributed by atoms with Crippen LogP contribution < -0.4 is 15.9 Å². The van der Waals surface area contributed by atoms with Crippen molar-refractivity contribution in [3.05, 3.63) is 121 Å². The Morgan fingerprint density at radius 3 is 1.41 bits per heavy atom. The second-order valence-corrected chi connectivity index (χ2v) is 15.6. The molecule has 1 nitrogen and oxygen atoms in total. The fourth-order valence-electron chi connectivity index (χ4n) is 3.77. The van der Waals surface area contributed by atoms with E-state index >= 15 is 0 Å². The summed E-state index contributed by atoms with van der Waals surface area (Å²) < 4.78 is 0. The molecule has 0 fully saturated rings. The van der Waals surface area contributed by atoms with E-state index < -0.39 is 5.31 Å². The van der Waals surface area contributed by atoms with E-state index in [1.165, 1.54) is 21.5 Å². The quantitative estimate of drug-likeness (QED) is 0.382. The fourth-order valence-corrected chi connectivity index (χ4v) is 11.5. The second kappa shape index (κ2) is 7.38. The first kappa shape index (κ1) is 18.1. The molecule has 1 heterocycles. The fraction of sp³-hybridized carbons (Fsp3) is 0.0417. The van der Waals surface area contributed by atoms with Crippen LogP contribution in [0.2, 0.25) is 0 Å². The van der Waals surface area contributed by atoms with Crippen LogP contribution in [0.25, 0.3) is 0 Å². The summed E-state index contributed by atoms with van der Waals surface area (Å²) >= 11 is 4.46. The molecule has 0 radical (unpaired) electrons. The zero-order chi connectivity index (χ0) is 18.6. The van der Waals surface area contributed by atoms with Gasteiger partial charge in [0.05, 0.1) is 0 Å². The van der Waals surface area contributed by atoms with Gasteiger partial charge in [0.15, 0.2) is 0 Å². The third kappa shape index (κ3) is 3.14.